The molecule has 1 heterocycles. The lowest BCUT2D eigenvalue weighted by atomic mass is 10.1. The zero-order chi connectivity index (χ0) is 15.1. The molecule has 0 fully saturated rings. The number of carbonyl (C=O) groups is 1. The maximum atomic E-state index is 11.7. The minimum Gasteiger partial charge on any atom is -0.355 e. The fourth-order valence-corrected chi connectivity index (χ4v) is 2.65. The van der Waals surface area contributed by atoms with Crippen LogP contribution in [0.5, 0.6) is 0 Å². The molecule has 1 aromatic heterocycles. The van der Waals surface area contributed by atoms with Crippen molar-refractivity contribution < 1.29 is 4.79 Å². The van der Waals surface area contributed by atoms with E-state index in [0.717, 1.165) is 30.7 Å². The number of carbonyl (C=O) groups excluding carboxylic acids is 1. The minimum absolute atomic E-state index is 0. The highest BCUT2D eigenvalue weighted by molar-refractivity contribution is 7.98. The average Bonchev–Trinajstić information content (AvgIpc) is 2.66. The Kier molecular flexibility index (Phi) is 9.74. The Hall–Kier alpha value is -0.720. The lowest BCUT2D eigenvalue weighted by Gasteiger charge is -2.11. The predicted molar refractivity (Wildman–Crippen MR) is 92.2 cm³/mol. The summed E-state index contributed by atoms with van der Waals surface area (Å²) in [4.78, 5) is 11.7. The zero-order valence-electron chi connectivity index (χ0n) is 13.3. The molecule has 0 saturated heterocycles. The Morgan fingerprint density at radius 3 is 2.67 bits per heavy atom. The first-order valence-corrected chi connectivity index (χ1v) is 8.38. The van der Waals surface area contributed by atoms with Gasteiger partial charge in [0, 0.05) is 19.3 Å². The molecule has 0 aromatic carbocycles. The van der Waals surface area contributed by atoms with E-state index in [0.29, 0.717) is 6.54 Å². The summed E-state index contributed by atoms with van der Waals surface area (Å²) in [6.45, 7) is 4.77. The van der Waals surface area contributed by atoms with Gasteiger partial charge in [-0.15, -0.1) is 12.4 Å². The lowest BCUT2D eigenvalue weighted by Crippen LogP contribution is -2.41. The number of halogens is 1. The number of aromatic nitrogens is 2. The molecule has 0 spiro atoms. The zero-order valence-corrected chi connectivity index (χ0v) is 14.9. The van der Waals surface area contributed by atoms with Gasteiger partial charge in [-0.2, -0.15) is 16.9 Å². The molecule has 1 unspecified atom stereocenters. The van der Waals surface area contributed by atoms with Crippen molar-refractivity contribution in [3.63, 3.8) is 0 Å². The lowest BCUT2D eigenvalue weighted by molar-refractivity contribution is -0.122. The fraction of sp³-hybridized carbons (Fsp3) is 0.714. The molecule has 1 amide bonds. The van der Waals surface area contributed by atoms with Gasteiger partial charge in [-0.1, -0.05) is 0 Å². The van der Waals surface area contributed by atoms with E-state index in [1.807, 2.05) is 24.9 Å². The largest absolute Gasteiger partial charge is 0.355 e. The van der Waals surface area contributed by atoms with Crippen molar-refractivity contribution in [2.75, 3.05) is 18.6 Å². The van der Waals surface area contributed by atoms with Crippen LogP contribution >= 0.6 is 24.2 Å². The van der Waals surface area contributed by atoms with Crippen LogP contribution in [-0.2, 0) is 18.3 Å². The Bertz CT molecular complexity index is 450. The van der Waals surface area contributed by atoms with Gasteiger partial charge in [0.05, 0.1) is 11.7 Å². The molecule has 7 heteroatoms. The van der Waals surface area contributed by atoms with E-state index >= 15 is 0 Å². The quantitative estimate of drug-likeness (QED) is 0.708. The summed E-state index contributed by atoms with van der Waals surface area (Å²) in [6, 6.07) is -0.385. The summed E-state index contributed by atoms with van der Waals surface area (Å²) in [5, 5.41) is 7.30. The third-order valence-corrected chi connectivity index (χ3v) is 4.18. The number of hydrogen-bond acceptors (Lipinski definition) is 4. The van der Waals surface area contributed by atoms with Crippen LogP contribution in [0.2, 0.25) is 0 Å². The van der Waals surface area contributed by atoms with Gasteiger partial charge in [-0.3, -0.25) is 9.48 Å². The van der Waals surface area contributed by atoms with Crippen LogP contribution in [0.1, 0.15) is 29.8 Å². The minimum atomic E-state index is -0.385. The topological polar surface area (TPSA) is 72.9 Å². The second-order valence-corrected chi connectivity index (χ2v) is 6.04. The summed E-state index contributed by atoms with van der Waals surface area (Å²) in [5.74, 6) is 0.876. The van der Waals surface area contributed by atoms with Crippen LogP contribution < -0.4 is 11.1 Å². The van der Waals surface area contributed by atoms with Gasteiger partial charge in [-0.05, 0) is 50.7 Å². The van der Waals surface area contributed by atoms with Crippen molar-refractivity contribution in [2.45, 2.75) is 39.2 Å². The van der Waals surface area contributed by atoms with Crippen LogP contribution in [0.15, 0.2) is 0 Å². The molecular formula is C14H27ClN4OS. The van der Waals surface area contributed by atoms with Gasteiger partial charge in [0.1, 0.15) is 0 Å². The number of nitrogens with zero attached hydrogens (tertiary/aromatic N) is 2. The Balaban J connectivity index is 0.00000400. The van der Waals surface area contributed by atoms with Crippen molar-refractivity contribution in [3.8, 4) is 0 Å². The number of aryl methyl sites for hydroxylation is 2. The van der Waals surface area contributed by atoms with E-state index in [-0.39, 0.29) is 24.4 Å². The maximum absolute atomic E-state index is 11.7. The number of rotatable bonds is 8. The molecule has 5 nitrogen and oxygen atoms in total. The monoisotopic (exact) mass is 334 g/mol. The Labute approximate surface area is 137 Å². The van der Waals surface area contributed by atoms with Crippen LogP contribution in [-0.4, -0.2) is 40.3 Å². The van der Waals surface area contributed by atoms with Crippen LogP contribution in [0, 0.1) is 13.8 Å². The van der Waals surface area contributed by atoms with Gasteiger partial charge in [0.2, 0.25) is 5.91 Å². The number of nitrogens with one attached hydrogen (secondary N) is 1. The van der Waals surface area contributed by atoms with E-state index in [9.17, 15) is 4.79 Å². The highest BCUT2D eigenvalue weighted by atomic mass is 35.5. The predicted octanol–water partition coefficient (Wildman–Crippen LogP) is 1.59. The van der Waals surface area contributed by atoms with Gasteiger partial charge in [0.15, 0.2) is 0 Å². The molecule has 3 N–H and O–H groups in total. The second-order valence-electron chi connectivity index (χ2n) is 5.06. The van der Waals surface area contributed by atoms with Gasteiger partial charge >= 0.3 is 0 Å². The van der Waals surface area contributed by atoms with E-state index in [2.05, 4.69) is 17.3 Å². The van der Waals surface area contributed by atoms with Crippen LogP contribution in [0.4, 0.5) is 0 Å². The third kappa shape index (κ3) is 6.28. The Morgan fingerprint density at radius 2 is 2.14 bits per heavy atom. The molecule has 1 aromatic rings. The van der Waals surface area contributed by atoms with Crippen molar-refractivity contribution in [3.05, 3.63) is 17.0 Å². The molecule has 1 atom stereocenters. The van der Waals surface area contributed by atoms with Crippen LogP contribution in [0.25, 0.3) is 0 Å². The second kappa shape index (κ2) is 10.1. The molecule has 21 heavy (non-hydrogen) atoms. The highest BCUT2D eigenvalue weighted by Gasteiger charge is 2.12. The number of thioether (sulfide) groups is 1. The third-order valence-electron chi connectivity index (χ3n) is 3.53. The van der Waals surface area contributed by atoms with Crippen LogP contribution in [0.3, 0.4) is 0 Å². The highest BCUT2D eigenvalue weighted by Crippen LogP contribution is 2.13. The first-order valence-electron chi connectivity index (χ1n) is 6.98. The van der Waals surface area contributed by atoms with Gasteiger partial charge < -0.3 is 11.1 Å². The van der Waals surface area contributed by atoms with Crippen molar-refractivity contribution in [1.82, 2.24) is 15.1 Å². The van der Waals surface area contributed by atoms with E-state index in [4.69, 9.17) is 5.73 Å². The van der Waals surface area contributed by atoms with Gasteiger partial charge in [0.25, 0.3) is 0 Å². The van der Waals surface area contributed by atoms with Crippen molar-refractivity contribution in [2.24, 2.45) is 12.8 Å². The summed E-state index contributed by atoms with van der Waals surface area (Å²) in [7, 11) is 1.96. The normalized spacial score (nSPS) is 11.9. The molecule has 0 aliphatic heterocycles. The summed E-state index contributed by atoms with van der Waals surface area (Å²) < 4.78 is 1.90. The molecule has 0 bridgehead atoms. The van der Waals surface area contributed by atoms with E-state index < -0.39 is 0 Å². The summed E-state index contributed by atoms with van der Waals surface area (Å²) >= 11 is 1.71. The molecule has 122 valence electrons. The number of amides is 1. The molecule has 0 radical (unpaired) electrons. The standard InChI is InChI=1S/C14H26N4OS.ClH/c1-10-12(11(2)18(3)17-10)6-5-8-16-14(19)13(15)7-9-20-4;/h13H,5-9,15H2,1-4H3,(H,16,19);1H. The average molecular weight is 335 g/mol. The maximum Gasteiger partial charge on any atom is 0.236 e. The number of nitrogens with two attached hydrogens (primary N) is 1. The molecule has 0 aliphatic carbocycles. The molecule has 0 saturated carbocycles. The molecule has 1 rings (SSSR count). The first kappa shape index (κ1) is 20.3. The Morgan fingerprint density at radius 1 is 1.48 bits per heavy atom. The summed E-state index contributed by atoms with van der Waals surface area (Å²) in [6.07, 6.45) is 4.59. The van der Waals surface area contributed by atoms with Crippen molar-refractivity contribution in [1.29, 1.82) is 0 Å². The smallest absolute Gasteiger partial charge is 0.236 e. The summed E-state index contributed by atoms with van der Waals surface area (Å²) in [5.41, 5.74) is 9.37. The first-order chi connectivity index (χ1) is 9.47. The van der Waals surface area contributed by atoms with E-state index in [1.54, 1.807) is 11.8 Å². The molecule has 0 aliphatic rings. The van der Waals surface area contributed by atoms with Crippen molar-refractivity contribution >= 4 is 30.1 Å². The SMILES string of the molecule is CSCCC(N)C(=O)NCCCc1c(C)nn(C)c1C.Cl. The number of hydrogen-bond donors (Lipinski definition) is 2. The van der Waals surface area contributed by atoms with E-state index in [1.165, 1.54) is 11.3 Å². The fourth-order valence-electron chi connectivity index (χ4n) is 2.16. The van der Waals surface area contributed by atoms with Gasteiger partial charge in [-0.25, -0.2) is 0 Å². The molecular weight excluding hydrogens is 308 g/mol.